The van der Waals surface area contributed by atoms with Gasteiger partial charge in [0.15, 0.2) is 0 Å². The zero-order chi connectivity index (χ0) is 31.6. The molecule has 4 heteroatoms. The van der Waals surface area contributed by atoms with Crippen LogP contribution in [0.5, 0.6) is 0 Å². The molecule has 0 N–H and O–H groups in total. The first-order valence-electron chi connectivity index (χ1n) is 16.8. The molecule has 3 nitrogen and oxygen atoms in total. The van der Waals surface area contributed by atoms with E-state index in [1.807, 2.05) is 0 Å². The van der Waals surface area contributed by atoms with Crippen LogP contribution in [0.25, 0.3) is 0 Å². The first kappa shape index (κ1) is 40.5. The molecule has 0 radical (unpaired) electrons. The SMILES string of the molecule is CCCCCCCC[Si](OCC=C(C)CCC=C(C)C)(OCC=C(C)CCC=C(C)C)OCC=C(C)CCC=C(C)C. The van der Waals surface area contributed by atoms with Crippen molar-refractivity contribution in [3.8, 4) is 0 Å². The molecule has 0 heterocycles. The van der Waals surface area contributed by atoms with E-state index in [-0.39, 0.29) is 0 Å². The van der Waals surface area contributed by atoms with Crippen LogP contribution in [0.4, 0.5) is 0 Å². The molecule has 242 valence electrons. The summed E-state index contributed by atoms with van der Waals surface area (Å²) < 4.78 is 20.0. The Labute approximate surface area is 263 Å². The van der Waals surface area contributed by atoms with E-state index < -0.39 is 8.80 Å². The monoisotopic (exact) mass is 600 g/mol. The maximum absolute atomic E-state index is 6.67. The first-order valence-corrected chi connectivity index (χ1v) is 18.7. The zero-order valence-electron chi connectivity index (χ0n) is 29.5. The fourth-order valence-electron chi connectivity index (χ4n) is 4.47. The molecule has 0 aromatic carbocycles. The van der Waals surface area contributed by atoms with E-state index in [1.54, 1.807) is 0 Å². The Morgan fingerprint density at radius 3 is 1.12 bits per heavy atom. The van der Waals surface area contributed by atoms with Gasteiger partial charge < -0.3 is 13.3 Å². The highest BCUT2D eigenvalue weighted by Gasteiger charge is 2.40. The van der Waals surface area contributed by atoms with Gasteiger partial charge in [0.05, 0.1) is 19.8 Å². The third-order valence-corrected chi connectivity index (χ3v) is 10.1. The van der Waals surface area contributed by atoms with Gasteiger partial charge in [-0.3, -0.25) is 0 Å². The Bertz CT molecular complexity index is 773. The summed E-state index contributed by atoms with van der Waals surface area (Å²) in [5, 5.41) is 0. The first-order chi connectivity index (χ1) is 20.0. The molecule has 0 bridgehead atoms. The van der Waals surface area contributed by atoms with Crippen LogP contribution < -0.4 is 0 Å². The number of allylic oxidation sites excluding steroid dienone is 9. The zero-order valence-corrected chi connectivity index (χ0v) is 30.5. The molecular weight excluding hydrogens is 533 g/mol. The Morgan fingerprint density at radius 2 is 0.786 bits per heavy atom. The lowest BCUT2D eigenvalue weighted by Gasteiger charge is -2.29. The average molecular weight is 601 g/mol. The van der Waals surface area contributed by atoms with Crippen LogP contribution in [0.1, 0.15) is 146 Å². The number of unbranched alkanes of at least 4 members (excludes halogenated alkanes) is 5. The second kappa shape index (κ2) is 26.0. The van der Waals surface area contributed by atoms with Gasteiger partial charge in [0.25, 0.3) is 0 Å². The van der Waals surface area contributed by atoms with Crippen molar-refractivity contribution in [2.24, 2.45) is 0 Å². The van der Waals surface area contributed by atoms with Crippen molar-refractivity contribution in [3.63, 3.8) is 0 Å². The van der Waals surface area contributed by atoms with E-state index in [0.717, 1.165) is 51.0 Å². The van der Waals surface area contributed by atoms with Crippen LogP contribution in [0, 0.1) is 0 Å². The van der Waals surface area contributed by atoms with Crippen molar-refractivity contribution in [3.05, 3.63) is 69.9 Å². The maximum Gasteiger partial charge on any atom is 0.501 e. The van der Waals surface area contributed by atoms with Crippen LogP contribution in [0.2, 0.25) is 6.04 Å². The maximum atomic E-state index is 6.67. The highest BCUT2D eigenvalue weighted by Crippen LogP contribution is 2.23. The molecule has 0 fully saturated rings. The summed E-state index contributed by atoms with van der Waals surface area (Å²) in [4.78, 5) is 0. The minimum atomic E-state index is -2.88. The van der Waals surface area contributed by atoms with Gasteiger partial charge in [-0.15, -0.1) is 0 Å². The van der Waals surface area contributed by atoms with Gasteiger partial charge in [-0.25, -0.2) is 0 Å². The van der Waals surface area contributed by atoms with E-state index in [2.05, 4.69) is 106 Å². The number of hydrogen-bond donors (Lipinski definition) is 0. The van der Waals surface area contributed by atoms with E-state index in [9.17, 15) is 0 Å². The van der Waals surface area contributed by atoms with Crippen molar-refractivity contribution in [2.45, 2.75) is 152 Å². The van der Waals surface area contributed by atoms with Crippen LogP contribution in [-0.2, 0) is 13.3 Å². The predicted molar refractivity (Wildman–Crippen MR) is 189 cm³/mol. The molecule has 0 amide bonds. The number of rotatable bonds is 25. The standard InChI is InChI=1S/C38H68O3Si/c1-11-12-13-14-15-16-32-42(39-29-26-36(8)23-17-20-33(2)3,40-30-27-37(9)24-18-21-34(4)5)41-31-28-38(10)25-19-22-35(6)7/h20-22,26-28H,11-19,23-25,29-32H2,1-10H3. The summed E-state index contributed by atoms with van der Waals surface area (Å²) in [5.41, 5.74) is 8.21. The summed E-state index contributed by atoms with van der Waals surface area (Å²) in [6.45, 7) is 23.5. The van der Waals surface area contributed by atoms with Gasteiger partial charge in [0.1, 0.15) is 0 Å². The fourth-order valence-corrected chi connectivity index (χ4v) is 6.85. The molecule has 0 saturated heterocycles. The molecule has 0 aliphatic carbocycles. The predicted octanol–water partition coefficient (Wildman–Crippen LogP) is 12.4. The fraction of sp³-hybridized carbons (Fsp3) is 0.684. The van der Waals surface area contributed by atoms with Gasteiger partial charge in [-0.05, 0) is 107 Å². The molecule has 0 rings (SSSR count). The van der Waals surface area contributed by atoms with Gasteiger partial charge in [0, 0.05) is 6.04 Å². The molecule has 0 aromatic heterocycles. The van der Waals surface area contributed by atoms with Gasteiger partial charge in [0.2, 0.25) is 0 Å². The molecule has 0 atom stereocenters. The van der Waals surface area contributed by atoms with Crippen LogP contribution in [0.15, 0.2) is 69.9 Å². The second-order valence-electron chi connectivity index (χ2n) is 12.7. The summed E-state index contributed by atoms with van der Waals surface area (Å²) >= 11 is 0. The highest BCUT2D eigenvalue weighted by atomic mass is 28.4. The van der Waals surface area contributed by atoms with Crippen LogP contribution in [0.3, 0.4) is 0 Å². The van der Waals surface area contributed by atoms with Crippen LogP contribution >= 0.6 is 0 Å². The second-order valence-corrected chi connectivity index (χ2v) is 15.5. The van der Waals surface area contributed by atoms with Crippen molar-refractivity contribution < 1.29 is 13.3 Å². The van der Waals surface area contributed by atoms with E-state index in [1.165, 1.54) is 65.5 Å². The van der Waals surface area contributed by atoms with Crippen molar-refractivity contribution >= 4 is 8.80 Å². The lowest BCUT2D eigenvalue weighted by atomic mass is 10.1. The molecular formula is C38H68O3Si. The van der Waals surface area contributed by atoms with Crippen molar-refractivity contribution in [1.29, 1.82) is 0 Å². The molecule has 0 aliphatic heterocycles. The van der Waals surface area contributed by atoms with Gasteiger partial charge in [-0.1, -0.05) is 109 Å². The molecule has 42 heavy (non-hydrogen) atoms. The molecule has 0 aliphatic rings. The molecule has 0 aromatic rings. The summed E-state index contributed by atoms with van der Waals surface area (Å²) in [6.07, 6.45) is 27.5. The van der Waals surface area contributed by atoms with E-state index in [4.69, 9.17) is 13.3 Å². The van der Waals surface area contributed by atoms with Gasteiger partial charge >= 0.3 is 8.80 Å². The molecule has 0 unspecified atom stereocenters. The third-order valence-electron chi connectivity index (χ3n) is 7.32. The Hall–Kier alpha value is -1.46. The largest absolute Gasteiger partial charge is 0.501 e. The Balaban J connectivity index is 5.68. The van der Waals surface area contributed by atoms with E-state index >= 15 is 0 Å². The molecule has 0 saturated carbocycles. The highest BCUT2D eigenvalue weighted by molar-refractivity contribution is 6.60. The normalized spacial score (nSPS) is 14.0. The Morgan fingerprint density at radius 1 is 0.452 bits per heavy atom. The third kappa shape index (κ3) is 25.1. The van der Waals surface area contributed by atoms with Crippen molar-refractivity contribution in [1.82, 2.24) is 0 Å². The van der Waals surface area contributed by atoms with E-state index in [0.29, 0.717) is 19.8 Å². The summed E-state index contributed by atoms with van der Waals surface area (Å²) in [5.74, 6) is 0. The minimum absolute atomic E-state index is 0.551. The average Bonchev–Trinajstić information content (AvgIpc) is 2.90. The lowest BCUT2D eigenvalue weighted by molar-refractivity contribution is 0.0847. The quantitative estimate of drug-likeness (QED) is 0.0592. The number of hydrogen-bond acceptors (Lipinski definition) is 3. The lowest BCUT2D eigenvalue weighted by Crippen LogP contribution is -2.46. The van der Waals surface area contributed by atoms with Crippen molar-refractivity contribution in [2.75, 3.05) is 19.8 Å². The smallest absolute Gasteiger partial charge is 0.370 e. The summed E-state index contributed by atoms with van der Waals surface area (Å²) in [6, 6.07) is 0.874. The molecule has 0 spiro atoms. The van der Waals surface area contributed by atoms with Gasteiger partial charge in [-0.2, -0.15) is 0 Å². The minimum Gasteiger partial charge on any atom is -0.370 e. The topological polar surface area (TPSA) is 27.7 Å². The van der Waals surface area contributed by atoms with Crippen LogP contribution in [-0.4, -0.2) is 28.6 Å². The summed E-state index contributed by atoms with van der Waals surface area (Å²) in [7, 11) is -2.88. The Kier molecular flexibility index (Phi) is 25.1.